The lowest BCUT2D eigenvalue weighted by Gasteiger charge is -2.27. The zero-order valence-electron chi connectivity index (χ0n) is 14.9. The fraction of sp³-hybridized carbons (Fsp3) is 0.400. The molecule has 0 saturated carbocycles. The Labute approximate surface area is 148 Å². The van der Waals surface area contributed by atoms with E-state index >= 15 is 0 Å². The minimum absolute atomic E-state index is 0.129. The summed E-state index contributed by atoms with van der Waals surface area (Å²) in [7, 11) is 0. The molecule has 0 saturated heterocycles. The lowest BCUT2D eigenvalue weighted by Crippen LogP contribution is -2.34. The van der Waals surface area contributed by atoms with E-state index in [0.717, 1.165) is 18.4 Å². The number of carbonyl (C=O) groups is 2. The van der Waals surface area contributed by atoms with Crippen molar-refractivity contribution in [1.29, 1.82) is 0 Å². The SMILES string of the molecule is CCC(CC)C(NC(=O)c1c(C)coc1CC(=O)O)c1ccccc1. The van der Waals surface area contributed by atoms with Crippen LogP contribution in [-0.2, 0) is 11.2 Å². The molecule has 0 bridgehead atoms. The molecule has 1 amide bonds. The maximum atomic E-state index is 12.9. The first kappa shape index (κ1) is 18.8. The van der Waals surface area contributed by atoms with Gasteiger partial charge in [-0.25, -0.2) is 0 Å². The van der Waals surface area contributed by atoms with Crippen LogP contribution in [0.25, 0.3) is 0 Å². The van der Waals surface area contributed by atoms with Crippen molar-refractivity contribution in [1.82, 2.24) is 5.32 Å². The molecular weight excluding hydrogens is 318 g/mol. The van der Waals surface area contributed by atoms with E-state index in [9.17, 15) is 9.59 Å². The molecule has 1 atom stereocenters. The standard InChI is InChI=1S/C20H25NO4/c1-4-14(5-2)19(15-9-7-6-8-10-15)21-20(24)18-13(3)12-25-16(18)11-17(22)23/h6-10,12,14,19H,4-5,11H2,1-3H3,(H,21,24)(H,22,23). The number of hydrogen-bond acceptors (Lipinski definition) is 3. The smallest absolute Gasteiger partial charge is 0.311 e. The van der Waals surface area contributed by atoms with Gasteiger partial charge in [0.05, 0.1) is 17.9 Å². The van der Waals surface area contributed by atoms with Crippen molar-refractivity contribution < 1.29 is 19.1 Å². The van der Waals surface area contributed by atoms with E-state index in [1.165, 1.54) is 6.26 Å². The number of carboxylic acids is 1. The van der Waals surface area contributed by atoms with Crippen LogP contribution >= 0.6 is 0 Å². The Bertz CT molecular complexity index is 717. The quantitative estimate of drug-likeness (QED) is 0.755. The first-order valence-electron chi connectivity index (χ1n) is 8.62. The number of carbonyl (C=O) groups excluding carboxylic acids is 1. The molecule has 0 radical (unpaired) electrons. The Kier molecular flexibility index (Phi) is 6.39. The molecule has 0 aliphatic heterocycles. The predicted octanol–water partition coefficient (Wildman–Crippen LogP) is 4.12. The second kappa shape index (κ2) is 8.51. The molecule has 5 heteroatoms. The third kappa shape index (κ3) is 4.50. The summed E-state index contributed by atoms with van der Waals surface area (Å²) in [5.41, 5.74) is 2.02. The Hall–Kier alpha value is -2.56. The lowest BCUT2D eigenvalue weighted by atomic mass is 9.88. The molecular formula is C20H25NO4. The van der Waals surface area contributed by atoms with Crippen LogP contribution in [0.2, 0.25) is 0 Å². The maximum Gasteiger partial charge on any atom is 0.311 e. The molecule has 25 heavy (non-hydrogen) atoms. The summed E-state index contributed by atoms with van der Waals surface area (Å²) in [5, 5.41) is 12.1. The molecule has 1 aromatic heterocycles. The molecule has 0 aliphatic rings. The molecule has 2 aromatic rings. The number of nitrogens with one attached hydrogen (secondary N) is 1. The highest BCUT2D eigenvalue weighted by Gasteiger charge is 2.26. The monoisotopic (exact) mass is 343 g/mol. The molecule has 2 rings (SSSR count). The summed E-state index contributed by atoms with van der Waals surface area (Å²) in [4.78, 5) is 23.9. The molecule has 0 fully saturated rings. The zero-order chi connectivity index (χ0) is 18.4. The number of rotatable bonds is 8. The number of furan rings is 1. The highest BCUT2D eigenvalue weighted by molar-refractivity contribution is 5.97. The second-order valence-electron chi connectivity index (χ2n) is 6.23. The molecule has 5 nitrogen and oxygen atoms in total. The van der Waals surface area contributed by atoms with Crippen LogP contribution in [0, 0.1) is 12.8 Å². The van der Waals surface area contributed by atoms with Gasteiger partial charge in [0.15, 0.2) is 0 Å². The van der Waals surface area contributed by atoms with Crippen LogP contribution in [0.1, 0.15) is 60.0 Å². The summed E-state index contributed by atoms with van der Waals surface area (Å²) in [5.74, 6) is -0.827. The van der Waals surface area contributed by atoms with Crippen LogP contribution in [0.15, 0.2) is 41.0 Å². The van der Waals surface area contributed by atoms with E-state index < -0.39 is 5.97 Å². The number of amides is 1. The van der Waals surface area contributed by atoms with Crippen LogP contribution < -0.4 is 5.32 Å². The molecule has 1 unspecified atom stereocenters. The Balaban J connectivity index is 2.32. The van der Waals surface area contributed by atoms with Crippen molar-refractivity contribution in [2.45, 2.75) is 46.1 Å². The van der Waals surface area contributed by atoms with Crippen molar-refractivity contribution >= 4 is 11.9 Å². The molecule has 2 N–H and O–H groups in total. The van der Waals surface area contributed by atoms with Gasteiger partial charge in [-0.1, -0.05) is 57.0 Å². The number of hydrogen-bond donors (Lipinski definition) is 2. The second-order valence-corrected chi connectivity index (χ2v) is 6.23. The van der Waals surface area contributed by atoms with Crippen molar-refractivity contribution in [2.24, 2.45) is 5.92 Å². The van der Waals surface area contributed by atoms with Crippen LogP contribution in [0.5, 0.6) is 0 Å². The average Bonchev–Trinajstić information content (AvgIpc) is 2.95. The van der Waals surface area contributed by atoms with E-state index in [4.69, 9.17) is 9.52 Å². The van der Waals surface area contributed by atoms with E-state index in [2.05, 4.69) is 19.2 Å². The third-order valence-electron chi connectivity index (χ3n) is 4.56. The topological polar surface area (TPSA) is 79.5 Å². The van der Waals surface area contributed by atoms with Gasteiger partial charge in [-0.15, -0.1) is 0 Å². The summed E-state index contributed by atoms with van der Waals surface area (Å²) in [6.45, 7) is 5.96. The minimum Gasteiger partial charge on any atom is -0.481 e. The Morgan fingerprint density at radius 1 is 1.16 bits per heavy atom. The van der Waals surface area contributed by atoms with Gasteiger partial charge < -0.3 is 14.8 Å². The zero-order valence-corrected chi connectivity index (χ0v) is 14.9. The third-order valence-corrected chi connectivity index (χ3v) is 4.56. The number of carboxylic acid groups (broad SMARTS) is 1. The van der Waals surface area contributed by atoms with Gasteiger partial charge in [0.2, 0.25) is 0 Å². The average molecular weight is 343 g/mol. The van der Waals surface area contributed by atoms with Crippen molar-refractivity contribution in [3.8, 4) is 0 Å². The van der Waals surface area contributed by atoms with Crippen LogP contribution in [-0.4, -0.2) is 17.0 Å². The van der Waals surface area contributed by atoms with E-state index in [1.807, 2.05) is 30.3 Å². The van der Waals surface area contributed by atoms with Gasteiger partial charge in [-0.2, -0.15) is 0 Å². The maximum absolute atomic E-state index is 12.9. The minimum atomic E-state index is -1.02. The number of benzene rings is 1. The fourth-order valence-electron chi connectivity index (χ4n) is 3.18. The largest absolute Gasteiger partial charge is 0.481 e. The summed E-state index contributed by atoms with van der Waals surface area (Å²) in [6, 6.07) is 9.73. The summed E-state index contributed by atoms with van der Waals surface area (Å²) < 4.78 is 5.29. The van der Waals surface area contributed by atoms with Crippen LogP contribution in [0.3, 0.4) is 0 Å². The van der Waals surface area contributed by atoms with Gasteiger partial charge in [-0.3, -0.25) is 9.59 Å². The van der Waals surface area contributed by atoms with Gasteiger partial charge >= 0.3 is 5.97 Å². The van der Waals surface area contributed by atoms with Crippen LogP contribution in [0.4, 0.5) is 0 Å². The molecule has 1 aromatic carbocycles. The Morgan fingerprint density at radius 3 is 2.36 bits per heavy atom. The van der Waals surface area contributed by atoms with Gasteiger partial charge in [-0.05, 0) is 18.4 Å². The van der Waals surface area contributed by atoms with Crippen molar-refractivity contribution in [2.75, 3.05) is 0 Å². The van der Waals surface area contributed by atoms with Crippen molar-refractivity contribution in [3.05, 3.63) is 59.0 Å². The van der Waals surface area contributed by atoms with E-state index in [1.54, 1.807) is 6.92 Å². The fourth-order valence-corrected chi connectivity index (χ4v) is 3.18. The van der Waals surface area contributed by atoms with E-state index in [0.29, 0.717) is 17.0 Å². The predicted molar refractivity (Wildman–Crippen MR) is 95.5 cm³/mol. The Morgan fingerprint density at radius 2 is 1.80 bits per heavy atom. The lowest BCUT2D eigenvalue weighted by molar-refractivity contribution is -0.136. The van der Waals surface area contributed by atoms with Crippen molar-refractivity contribution in [3.63, 3.8) is 0 Å². The highest BCUT2D eigenvalue weighted by atomic mass is 16.4. The highest BCUT2D eigenvalue weighted by Crippen LogP contribution is 2.28. The normalized spacial score (nSPS) is 12.2. The van der Waals surface area contributed by atoms with Gasteiger partial charge in [0.1, 0.15) is 12.2 Å². The molecule has 1 heterocycles. The summed E-state index contributed by atoms with van der Waals surface area (Å²) >= 11 is 0. The molecule has 134 valence electrons. The van der Waals surface area contributed by atoms with Gasteiger partial charge in [0.25, 0.3) is 5.91 Å². The molecule has 0 spiro atoms. The van der Waals surface area contributed by atoms with Gasteiger partial charge in [0, 0.05) is 5.56 Å². The molecule has 0 aliphatic carbocycles. The first-order chi connectivity index (χ1) is 12.0. The number of aliphatic carboxylic acids is 1. The first-order valence-corrected chi connectivity index (χ1v) is 8.62. The van der Waals surface area contributed by atoms with E-state index in [-0.39, 0.29) is 24.1 Å². The summed E-state index contributed by atoms with van der Waals surface area (Å²) in [6.07, 6.45) is 2.99. The number of aryl methyl sites for hydroxylation is 1.